The van der Waals surface area contributed by atoms with E-state index in [2.05, 4.69) is 22.8 Å². The van der Waals surface area contributed by atoms with E-state index >= 15 is 0 Å². The molecule has 0 aromatic heterocycles. The highest BCUT2D eigenvalue weighted by Gasteiger charge is 2.17. The van der Waals surface area contributed by atoms with Crippen LogP contribution in [0.3, 0.4) is 0 Å². The van der Waals surface area contributed by atoms with Crippen LogP contribution >= 0.6 is 0 Å². The number of halogens is 1. The summed E-state index contributed by atoms with van der Waals surface area (Å²) < 4.78 is 37.1. The van der Waals surface area contributed by atoms with Crippen LogP contribution in [0.5, 0.6) is 5.75 Å². The number of carbonyl (C=O) groups excluding carboxylic acids is 2. The molecule has 11 heteroatoms. The molecular formula is C35H46FN3O6S. The molecular weight excluding hydrogens is 609 g/mol. The van der Waals surface area contributed by atoms with Crippen molar-refractivity contribution in [1.82, 2.24) is 5.32 Å². The molecule has 3 atom stereocenters. The number of allylic oxidation sites excluding steroid dienone is 2. The van der Waals surface area contributed by atoms with Crippen molar-refractivity contribution in [2.45, 2.75) is 57.5 Å². The monoisotopic (exact) mass is 655 g/mol. The lowest BCUT2D eigenvalue weighted by atomic mass is 10.0. The third kappa shape index (κ3) is 13.5. The summed E-state index contributed by atoms with van der Waals surface area (Å²) in [4.78, 5) is 22.8. The zero-order valence-electron chi connectivity index (χ0n) is 27.4. The van der Waals surface area contributed by atoms with Crippen LogP contribution in [0.1, 0.15) is 48.7 Å². The van der Waals surface area contributed by atoms with Crippen LogP contribution in [0.4, 0.5) is 15.8 Å². The molecule has 0 saturated carbocycles. The van der Waals surface area contributed by atoms with Gasteiger partial charge in [-0.2, -0.15) is 0 Å². The van der Waals surface area contributed by atoms with Crippen molar-refractivity contribution >= 4 is 34.7 Å². The third-order valence-corrected chi connectivity index (χ3v) is 8.42. The number of amides is 2. The van der Waals surface area contributed by atoms with E-state index in [0.717, 1.165) is 23.3 Å². The predicted molar refractivity (Wildman–Crippen MR) is 183 cm³/mol. The van der Waals surface area contributed by atoms with Crippen molar-refractivity contribution in [2.24, 2.45) is 0 Å². The Kier molecular flexibility index (Phi) is 16.7. The quantitative estimate of drug-likeness (QED) is 0.140. The summed E-state index contributed by atoms with van der Waals surface area (Å²) in [6, 6.07) is 19.0. The number of hydrogen-bond acceptors (Lipinski definition) is 6. The third-order valence-electron chi connectivity index (χ3n) is 6.86. The largest absolute Gasteiger partial charge is 0.497 e. The van der Waals surface area contributed by atoms with Crippen molar-refractivity contribution in [3.05, 3.63) is 101 Å². The second kappa shape index (κ2) is 20.1. The Morgan fingerprint density at radius 1 is 1.00 bits per heavy atom. The van der Waals surface area contributed by atoms with Crippen molar-refractivity contribution in [3.63, 3.8) is 0 Å². The molecule has 3 N–H and O–H groups in total. The number of rotatable bonds is 16. The summed E-state index contributed by atoms with van der Waals surface area (Å²) in [5, 5.41) is 15.3. The summed E-state index contributed by atoms with van der Waals surface area (Å²) >= 11 is 0. The van der Waals surface area contributed by atoms with Gasteiger partial charge in [0.15, 0.2) is 0 Å². The van der Waals surface area contributed by atoms with Crippen LogP contribution in [0, 0.1) is 5.82 Å². The SMILES string of the molecule is COc1cccc(C/C=C/Cc2cc(C(=O)NCC(O)CC(C)OC)cc(N(C)S(=O)C(C)C)c2)c1.O=CNc1ccc(F)cc1. The first-order valence-corrected chi connectivity index (χ1v) is 16.1. The molecule has 0 fully saturated rings. The highest BCUT2D eigenvalue weighted by Crippen LogP contribution is 2.22. The Labute approximate surface area is 274 Å². The Morgan fingerprint density at radius 2 is 1.67 bits per heavy atom. The molecule has 2 amide bonds. The highest BCUT2D eigenvalue weighted by atomic mass is 32.2. The van der Waals surface area contributed by atoms with Gasteiger partial charge in [0.05, 0.1) is 19.3 Å². The summed E-state index contributed by atoms with van der Waals surface area (Å²) in [7, 11) is 3.78. The number of nitrogens with zero attached hydrogens (tertiary/aromatic N) is 1. The molecule has 3 aromatic carbocycles. The lowest BCUT2D eigenvalue weighted by Gasteiger charge is -2.22. The average molecular weight is 656 g/mol. The van der Waals surface area contributed by atoms with Gasteiger partial charge in [0.1, 0.15) is 22.6 Å². The summed E-state index contributed by atoms with van der Waals surface area (Å²) in [6.07, 6.45) is 5.70. The maximum atomic E-state index is 12.9. The van der Waals surface area contributed by atoms with Gasteiger partial charge in [-0.15, -0.1) is 0 Å². The second-order valence-electron chi connectivity index (χ2n) is 10.9. The van der Waals surface area contributed by atoms with Gasteiger partial charge >= 0.3 is 0 Å². The molecule has 0 aliphatic carbocycles. The fourth-order valence-electron chi connectivity index (χ4n) is 4.25. The fraction of sp³-hybridized carbons (Fsp3) is 0.371. The van der Waals surface area contributed by atoms with Crippen LogP contribution in [0.15, 0.2) is 78.9 Å². The minimum absolute atomic E-state index is 0.0587. The van der Waals surface area contributed by atoms with Crippen LogP contribution in [0.2, 0.25) is 0 Å². The lowest BCUT2D eigenvalue weighted by molar-refractivity contribution is -0.105. The zero-order valence-corrected chi connectivity index (χ0v) is 28.2. The molecule has 0 bridgehead atoms. The summed E-state index contributed by atoms with van der Waals surface area (Å²) in [6.45, 7) is 5.79. The van der Waals surface area contributed by atoms with E-state index < -0.39 is 17.1 Å². The number of hydrogen-bond donors (Lipinski definition) is 3. The normalized spacial score (nSPS) is 12.9. The van der Waals surface area contributed by atoms with E-state index in [1.165, 1.54) is 24.3 Å². The van der Waals surface area contributed by atoms with Gasteiger partial charge in [0.25, 0.3) is 5.91 Å². The molecule has 250 valence electrons. The first-order chi connectivity index (χ1) is 22.0. The van der Waals surface area contributed by atoms with Gasteiger partial charge in [-0.3, -0.25) is 13.9 Å². The first-order valence-electron chi connectivity index (χ1n) is 15.0. The molecule has 0 aliphatic heterocycles. The van der Waals surface area contributed by atoms with E-state index in [9.17, 15) is 23.3 Å². The van der Waals surface area contributed by atoms with Gasteiger partial charge in [-0.25, -0.2) is 8.60 Å². The molecule has 3 unspecified atom stereocenters. The number of aliphatic hydroxyl groups excluding tert-OH is 1. The molecule has 0 spiro atoms. The number of nitrogens with one attached hydrogen (secondary N) is 2. The van der Waals surface area contributed by atoms with E-state index in [-0.39, 0.29) is 29.6 Å². The second-order valence-corrected chi connectivity index (χ2v) is 12.9. The zero-order chi connectivity index (χ0) is 34.1. The van der Waals surface area contributed by atoms with E-state index in [0.29, 0.717) is 36.2 Å². The molecule has 0 heterocycles. The standard InChI is InChI=1S/C28H40N2O5S.C7H6FNO/c1-20(2)36(33)30(4)25-16-23(11-8-7-10-22-12-9-13-27(17-22)35-6)15-24(18-25)28(32)29-19-26(31)14-21(3)34-5;8-6-1-3-7(4-2-6)9-5-10/h7-9,12-13,15-18,20-21,26,31H,10-11,14,19H2,1-6H3,(H,29,32);1-5H,(H,9,10)/b8-7+;. The van der Waals surface area contributed by atoms with Crippen LogP contribution in [0.25, 0.3) is 0 Å². The smallest absolute Gasteiger partial charge is 0.251 e. The Morgan fingerprint density at radius 3 is 2.28 bits per heavy atom. The number of methoxy groups -OCH3 is 2. The van der Waals surface area contributed by atoms with Crippen molar-refractivity contribution in [2.75, 3.05) is 37.4 Å². The van der Waals surface area contributed by atoms with Crippen LogP contribution in [-0.2, 0) is 33.4 Å². The molecule has 3 aromatic rings. The Hall–Kier alpha value is -4.06. The topological polar surface area (TPSA) is 117 Å². The Balaban J connectivity index is 0.000000623. The van der Waals surface area contributed by atoms with Crippen molar-refractivity contribution < 1.29 is 32.8 Å². The highest BCUT2D eigenvalue weighted by molar-refractivity contribution is 7.87. The first kappa shape index (κ1) is 38.1. The summed E-state index contributed by atoms with van der Waals surface area (Å²) in [5.41, 5.74) is 3.84. The number of carbonyl (C=O) groups is 2. The molecule has 9 nitrogen and oxygen atoms in total. The molecule has 0 aliphatic rings. The van der Waals surface area contributed by atoms with E-state index in [4.69, 9.17) is 9.47 Å². The fourth-order valence-corrected chi connectivity index (χ4v) is 5.20. The van der Waals surface area contributed by atoms with Gasteiger partial charge in [-0.05, 0) is 99.3 Å². The number of anilines is 2. The summed E-state index contributed by atoms with van der Waals surface area (Å²) in [5.74, 6) is 0.231. The minimum atomic E-state index is -1.23. The Bertz CT molecular complexity index is 1430. The molecule has 46 heavy (non-hydrogen) atoms. The maximum absolute atomic E-state index is 12.9. The van der Waals surface area contributed by atoms with E-state index in [1.807, 2.05) is 57.2 Å². The maximum Gasteiger partial charge on any atom is 0.251 e. The van der Waals surface area contributed by atoms with Crippen molar-refractivity contribution in [1.29, 1.82) is 0 Å². The molecule has 3 rings (SSSR count). The molecule has 0 radical (unpaired) electrons. The van der Waals surface area contributed by atoms with Crippen molar-refractivity contribution in [3.8, 4) is 5.75 Å². The van der Waals surface area contributed by atoms with Crippen LogP contribution < -0.4 is 19.7 Å². The minimum Gasteiger partial charge on any atom is -0.497 e. The predicted octanol–water partition coefficient (Wildman–Crippen LogP) is 5.45. The van der Waals surface area contributed by atoms with Gasteiger partial charge in [0.2, 0.25) is 6.41 Å². The number of aliphatic hydroxyl groups is 1. The molecule has 0 saturated heterocycles. The number of ether oxygens (including phenoxy) is 2. The lowest BCUT2D eigenvalue weighted by Crippen LogP contribution is -2.34. The average Bonchev–Trinajstić information content (AvgIpc) is 3.06. The number of benzene rings is 3. The van der Waals surface area contributed by atoms with Crippen LogP contribution in [-0.4, -0.2) is 66.9 Å². The van der Waals surface area contributed by atoms with Gasteiger partial charge < -0.3 is 25.2 Å². The van der Waals surface area contributed by atoms with Gasteiger partial charge in [-0.1, -0.05) is 24.3 Å². The van der Waals surface area contributed by atoms with Gasteiger partial charge in [0, 0.05) is 49.3 Å². The van der Waals surface area contributed by atoms with E-state index in [1.54, 1.807) is 31.6 Å².